The minimum Gasteiger partial charge on any atom is -0.369 e. The molecule has 1 unspecified atom stereocenters. The van der Waals surface area contributed by atoms with E-state index in [4.69, 9.17) is 0 Å². The first-order valence-electron chi connectivity index (χ1n) is 7.85. The molecule has 2 nitrogen and oxygen atoms in total. The average Bonchev–Trinajstić information content (AvgIpc) is 2.63. The van der Waals surface area contributed by atoms with Crippen molar-refractivity contribution in [2.24, 2.45) is 11.3 Å². The average molecular weight is 291 g/mol. The zero-order chi connectivity index (χ0) is 15.6. The number of hydrogen-bond donors (Lipinski definition) is 0. The van der Waals surface area contributed by atoms with Crippen LogP contribution in [0.1, 0.15) is 57.3 Å². The fraction of sp³-hybridized carbons (Fsp3) is 0.611. The molecule has 1 heterocycles. The summed E-state index contributed by atoms with van der Waals surface area (Å²) >= 11 is 0. The third-order valence-electron chi connectivity index (χ3n) is 4.64. The van der Waals surface area contributed by atoms with Gasteiger partial charge in [0.1, 0.15) is 5.82 Å². The lowest BCUT2D eigenvalue weighted by Gasteiger charge is -2.30. The van der Waals surface area contributed by atoms with Gasteiger partial charge in [0, 0.05) is 18.7 Å². The largest absolute Gasteiger partial charge is 0.369 e. The third kappa shape index (κ3) is 3.63. The van der Waals surface area contributed by atoms with Crippen molar-refractivity contribution in [3.63, 3.8) is 0 Å². The summed E-state index contributed by atoms with van der Waals surface area (Å²) in [5, 5.41) is 0. The van der Waals surface area contributed by atoms with Crippen LogP contribution in [0.5, 0.6) is 0 Å². The zero-order valence-electron chi connectivity index (χ0n) is 13.6. The molecular formula is C18H26FNO. The number of hydrogen-bond acceptors (Lipinski definition) is 2. The van der Waals surface area contributed by atoms with Crippen LogP contribution in [0, 0.1) is 17.2 Å². The van der Waals surface area contributed by atoms with Gasteiger partial charge in [-0.3, -0.25) is 4.79 Å². The molecule has 0 aliphatic carbocycles. The first kappa shape index (κ1) is 16.0. The summed E-state index contributed by atoms with van der Waals surface area (Å²) in [6.45, 7) is 9.98. The number of Topliss-reactive ketones (excluding diaryl/α,β-unsaturated/α-hetero) is 1. The maximum absolute atomic E-state index is 14.3. The molecule has 21 heavy (non-hydrogen) atoms. The van der Waals surface area contributed by atoms with Crippen molar-refractivity contribution >= 4 is 11.5 Å². The molecule has 0 N–H and O–H groups in total. The van der Waals surface area contributed by atoms with Crippen LogP contribution in [0.15, 0.2) is 18.2 Å². The summed E-state index contributed by atoms with van der Waals surface area (Å²) < 4.78 is 14.3. The number of rotatable bonds is 2. The number of carbonyl (C=O) groups excluding carboxylic acids is 1. The summed E-state index contributed by atoms with van der Waals surface area (Å²) in [7, 11) is 0. The maximum atomic E-state index is 14.3. The molecule has 0 spiro atoms. The van der Waals surface area contributed by atoms with Gasteiger partial charge in [-0.15, -0.1) is 0 Å². The molecule has 0 aromatic heterocycles. The van der Waals surface area contributed by atoms with Gasteiger partial charge in [-0.1, -0.05) is 26.8 Å². The number of anilines is 1. The fourth-order valence-corrected chi connectivity index (χ4v) is 3.31. The number of halogens is 1. The van der Waals surface area contributed by atoms with E-state index < -0.39 is 0 Å². The van der Waals surface area contributed by atoms with Crippen molar-refractivity contribution < 1.29 is 9.18 Å². The summed E-state index contributed by atoms with van der Waals surface area (Å²) in [6.07, 6.45) is 3.27. The Morgan fingerprint density at radius 3 is 2.57 bits per heavy atom. The van der Waals surface area contributed by atoms with Crippen molar-refractivity contribution in [1.29, 1.82) is 0 Å². The number of para-hydroxylation sites is 1. The van der Waals surface area contributed by atoms with E-state index in [1.54, 1.807) is 12.1 Å². The minimum atomic E-state index is -0.281. The van der Waals surface area contributed by atoms with Crippen molar-refractivity contribution in [2.45, 2.75) is 47.0 Å². The number of carbonyl (C=O) groups is 1. The third-order valence-corrected chi connectivity index (χ3v) is 4.64. The lowest BCUT2D eigenvalue weighted by atomic mass is 9.77. The summed E-state index contributed by atoms with van der Waals surface area (Å²) in [6, 6.07) is 4.80. The van der Waals surface area contributed by atoms with Crippen LogP contribution in [-0.2, 0) is 0 Å². The Morgan fingerprint density at radius 2 is 1.95 bits per heavy atom. The molecule has 1 saturated heterocycles. The Kier molecular flexibility index (Phi) is 4.70. The highest BCUT2D eigenvalue weighted by atomic mass is 19.1. The van der Waals surface area contributed by atoms with Gasteiger partial charge in [0.15, 0.2) is 5.78 Å². The van der Waals surface area contributed by atoms with Crippen molar-refractivity contribution in [1.82, 2.24) is 0 Å². The lowest BCUT2D eigenvalue weighted by Crippen LogP contribution is -2.28. The van der Waals surface area contributed by atoms with Crippen LogP contribution in [0.4, 0.5) is 10.1 Å². The summed E-state index contributed by atoms with van der Waals surface area (Å²) in [5.41, 5.74) is 1.29. The summed E-state index contributed by atoms with van der Waals surface area (Å²) in [4.78, 5) is 13.8. The highest BCUT2D eigenvalue weighted by molar-refractivity contribution is 5.99. The maximum Gasteiger partial charge on any atom is 0.161 e. The second-order valence-corrected chi connectivity index (χ2v) is 7.17. The standard InChI is InChI=1S/C18H26FNO/c1-13(21)15-8-5-9-16(19)17(15)20-11-6-7-14(10-12-20)18(2,3)4/h5,8-9,14H,6-7,10-12H2,1-4H3. The van der Waals surface area contributed by atoms with E-state index in [1.807, 2.05) is 0 Å². The molecular weight excluding hydrogens is 265 g/mol. The van der Waals surface area contributed by atoms with E-state index in [9.17, 15) is 9.18 Å². The van der Waals surface area contributed by atoms with Gasteiger partial charge in [-0.25, -0.2) is 4.39 Å². The van der Waals surface area contributed by atoms with Gasteiger partial charge in [0.2, 0.25) is 0 Å². The Hall–Kier alpha value is -1.38. The van der Waals surface area contributed by atoms with E-state index >= 15 is 0 Å². The zero-order valence-corrected chi connectivity index (χ0v) is 13.6. The van der Waals surface area contributed by atoms with Crippen LogP contribution in [0.3, 0.4) is 0 Å². The Bertz CT molecular complexity index is 518. The van der Waals surface area contributed by atoms with Crippen molar-refractivity contribution in [3.05, 3.63) is 29.6 Å². The first-order chi connectivity index (χ1) is 9.80. The quantitative estimate of drug-likeness (QED) is 0.737. The Labute approximate surface area is 127 Å². The van der Waals surface area contributed by atoms with Gasteiger partial charge in [-0.2, -0.15) is 0 Å². The van der Waals surface area contributed by atoms with Crippen LogP contribution >= 0.6 is 0 Å². The molecule has 1 atom stereocenters. The van der Waals surface area contributed by atoms with Gasteiger partial charge in [0.05, 0.1) is 5.69 Å². The highest BCUT2D eigenvalue weighted by Gasteiger charge is 2.28. The Balaban J connectivity index is 2.26. The predicted molar refractivity (Wildman–Crippen MR) is 85.4 cm³/mol. The number of ketones is 1. The van der Waals surface area contributed by atoms with Gasteiger partial charge >= 0.3 is 0 Å². The molecule has 116 valence electrons. The van der Waals surface area contributed by atoms with E-state index in [0.717, 1.165) is 25.9 Å². The smallest absolute Gasteiger partial charge is 0.161 e. The van der Waals surface area contributed by atoms with Gasteiger partial charge in [-0.05, 0) is 49.7 Å². The molecule has 0 amide bonds. The SMILES string of the molecule is CC(=O)c1cccc(F)c1N1CCCC(C(C)(C)C)CC1. The Morgan fingerprint density at radius 1 is 1.24 bits per heavy atom. The van der Waals surface area contributed by atoms with E-state index in [0.29, 0.717) is 17.2 Å². The molecule has 0 bridgehead atoms. The number of nitrogens with zero attached hydrogens (tertiary/aromatic N) is 1. The topological polar surface area (TPSA) is 20.3 Å². The lowest BCUT2D eigenvalue weighted by molar-refractivity contribution is 0.101. The molecule has 2 rings (SSSR count). The predicted octanol–water partition coefficient (Wildman–Crippen LogP) is 4.68. The molecule has 1 aromatic carbocycles. The highest BCUT2D eigenvalue weighted by Crippen LogP contribution is 2.36. The number of benzene rings is 1. The van der Waals surface area contributed by atoms with Crippen LogP contribution in [0.2, 0.25) is 0 Å². The van der Waals surface area contributed by atoms with E-state index in [1.165, 1.54) is 19.4 Å². The van der Waals surface area contributed by atoms with E-state index in [-0.39, 0.29) is 17.0 Å². The van der Waals surface area contributed by atoms with Crippen LogP contribution in [0.25, 0.3) is 0 Å². The first-order valence-corrected chi connectivity index (χ1v) is 7.85. The van der Waals surface area contributed by atoms with Crippen molar-refractivity contribution in [3.8, 4) is 0 Å². The molecule has 1 aliphatic rings. The van der Waals surface area contributed by atoms with Crippen LogP contribution in [-0.4, -0.2) is 18.9 Å². The minimum absolute atomic E-state index is 0.0684. The fourth-order valence-electron chi connectivity index (χ4n) is 3.31. The van der Waals surface area contributed by atoms with Gasteiger partial charge in [0.25, 0.3) is 0 Å². The van der Waals surface area contributed by atoms with Crippen LogP contribution < -0.4 is 4.90 Å². The molecule has 1 aliphatic heterocycles. The van der Waals surface area contributed by atoms with Crippen molar-refractivity contribution in [2.75, 3.05) is 18.0 Å². The normalized spacial score (nSPS) is 20.2. The molecule has 0 radical (unpaired) electrons. The van der Waals surface area contributed by atoms with Gasteiger partial charge < -0.3 is 4.90 Å². The molecule has 3 heteroatoms. The molecule has 1 fully saturated rings. The summed E-state index contributed by atoms with van der Waals surface area (Å²) in [5.74, 6) is 0.299. The molecule has 1 aromatic rings. The monoisotopic (exact) mass is 291 g/mol. The molecule has 0 saturated carbocycles. The second-order valence-electron chi connectivity index (χ2n) is 7.17. The second kappa shape index (κ2) is 6.17. The van der Waals surface area contributed by atoms with E-state index in [2.05, 4.69) is 25.7 Å².